The standard InChI is InChI=1S/C15H20N4S.C4H11N.C3H8O.C2H6/c1-5-12-18-13(14(16-2)19(3)4)15(20-12)17-11-9-7-6-8-10-11;1-3-5-4-2;1-3-4-2;1-2/h6-10,17H,5H2,1-4H3;5H,3-4H2,1-2H3;3H2,1-2H3;1-2H3. The van der Waals surface area contributed by atoms with E-state index in [-0.39, 0.29) is 0 Å². The van der Waals surface area contributed by atoms with Crippen LogP contribution in [-0.4, -0.2) is 63.7 Å². The molecule has 1 aromatic heterocycles. The van der Waals surface area contributed by atoms with Gasteiger partial charge >= 0.3 is 0 Å². The Kier molecular flexibility index (Phi) is 21.4. The summed E-state index contributed by atoms with van der Waals surface area (Å²) >= 11 is 1.69. The maximum absolute atomic E-state index is 4.70. The van der Waals surface area contributed by atoms with Gasteiger partial charge in [-0.05, 0) is 38.6 Å². The molecule has 0 saturated carbocycles. The fraction of sp³-hybridized carbons (Fsp3) is 0.583. The maximum Gasteiger partial charge on any atom is 0.152 e. The predicted octanol–water partition coefficient (Wildman–Crippen LogP) is 5.68. The fourth-order valence-electron chi connectivity index (χ4n) is 2.17. The number of methoxy groups -OCH3 is 1. The fourth-order valence-corrected chi connectivity index (χ4v) is 3.09. The molecule has 2 aromatic rings. The number of benzene rings is 1. The number of hydrogen-bond donors (Lipinski definition) is 2. The summed E-state index contributed by atoms with van der Waals surface area (Å²) in [6.45, 7) is 15.3. The maximum atomic E-state index is 4.70. The van der Waals surface area contributed by atoms with E-state index in [1.165, 1.54) is 0 Å². The summed E-state index contributed by atoms with van der Waals surface area (Å²) in [4.78, 5) is 11.0. The molecule has 0 amide bonds. The number of anilines is 2. The third kappa shape index (κ3) is 13.9. The molecule has 0 aliphatic carbocycles. The van der Waals surface area contributed by atoms with Gasteiger partial charge in [0.1, 0.15) is 10.7 Å². The van der Waals surface area contributed by atoms with Crippen LogP contribution in [-0.2, 0) is 11.2 Å². The minimum Gasteiger partial charge on any atom is -0.385 e. The highest BCUT2D eigenvalue weighted by atomic mass is 32.1. The van der Waals surface area contributed by atoms with E-state index >= 15 is 0 Å². The van der Waals surface area contributed by atoms with Crippen molar-refractivity contribution < 1.29 is 4.74 Å². The summed E-state index contributed by atoms with van der Waals surface area (Å²) in [7, 11) is 7.45. The molecule has 0 spiro atoms. The van der Waals surface area contributed by atoms with Gasteiger partial charge in [-0.1, -0.05) is 52.8 Å². The van der Waals surface area contributed by atoms with Gasteiger partial charge in [-0.15, -0.1) is 11.3 Å². The summed E-state index contributed by atoms with van der Waals surface area (Å²) in [5.74, 6) is 0.888. The van der Waals surface area contributed by atoms with Crippen molar-refractivity contribution in [3.63, 3.8) is 0 Å². The number of ether oxygens (including phenoxy) is 1. The molecule has 2 N–H and O–H groups in total. The molecule has 31 heavy (non-hydrogen) atoms. The Labute approximate surface area is 195 Å². The molecule has 0 atom stereocenters. The van der Waals surface area contributed by atoms with Crippen molar-refractivity contribution in [2.24, 2.45) is 4.99 Å². The molecular weight excluding hydrogens is 406 g/mol. The molecule has 0 aliphatic rings. The van der Waals surface area contributed by atoms with Gasteiger partial charge < -0.3 is 20.3 Å². The highest BCUT2D eigenvalue weighted by Crippen LogP contribution is 2.29. The molecule has 7 heteroatoms. The van der Waals surface area contributed by atoms with Gasteiger partial charge in [0.2, 0.25) is 0 Å². The molecule has 6 nitrogen and oxygen atoms in total. The summed E-state index contributed by atoms with van der Waals surface area (Å²) in [6.07, 6.45) is 0.929. The quantitative estimate of drug-likeness (QED) is 0.419. The zero-order chi connectivity index (χ0) is 24.1. The van der Waals surface area contributed by atoms with Crippen molar-refractivity contribution in [1.29, 1.82) is 0 Å². The topological polar surface area (TPSA) is 61.8 Å². The minimum atomic E-state index is 0.819. The van der Waals surface area contributed by atoms with E-state index in [0.717, 1.165) is 53.3 Å². The van der Waals surface area contributed by atoms with Gasteiger partial charge in [0.15, 0.2) is 5.84 Å². The van der Waals surface area contributed by atoms with Crippen molar-refractivity contribution in [3.8, 4) is 0 Å². The third-order valence-corrected chi connectivity index (χ3v) is 4.76. The first kappa shape index (κ1) is 31.2. The van der Waals surface area contributed by atoms with Crippen molar-refractivity contribution in [2.45, 2.75) is 48.0 Å². The lowest BCUT2D eigenvalue weighted by Gasteiger charge is -2.15. The number of amidine groups is 1. The molecule has 1 aromatic carbocycles. The van der Waals surface area contributed by atoms with Crippen molar-refractivity contribution >= 4 is 27.9 Å². The first-order valence-corrected chi connectivity index (χ1v) is 12.0. The summed E-state index contributed by atoms with van der Waals surface area (Å²) in [5, 5.41) is 8.71. The van der Waals surface area contributed by atoms with Crippen LogP contribution < -0.4 is 10.6 Å². The molecule has 0 aliphatic heterocycles. The van der Waals surface area contributed by atoms with E-state index in [4.69, 9.17) is 4.98 Å². The number of hydrogen-bond acceptors (Lipinski definition) is 6. The van der Waals surface area contributed by atoms with Crippen LogP contribution in [0.15, 0.2) is 35.3 Å². The van der Waals surface area contributed by atoms with Crippen LogP contribution >= 0.6 is 11.3 Å². The molecule has 0 saturated heterocycles. The molecule has 178 valence electrons. The number of aryl methyl sites for hydroxylation is 1. The normalized spacial score (nSPS) is 9.94. The number of nitrogens with zero attached hydrogens (tertiary/aromatic N) is 3. The lowest BCUT2D eigenvalue weighted by Crippen LogP contribution is -2.24. The van der Waals surface area contributed by atoms with Crippen LogP contribution in [0, 0.1) is 0 Å². The van der Waals surface area contributed by atoms with Gasteiger partial charge in [0.25, 0.3) is 0 Å². The van der Waals surface area contributed by atoms with Gasteiger partial charge in [-0.3, -0.25) is 4.99 Å². The first-order chi connectivity index (χ1) is 15.0. The Morgan fingerprint density at radius 3 is 1.97 bits per heavy atom. The minimum absolute atomic E-state index is 0.819. The Morgan fingerprint density at radius 1 is 1.06 bits per heavy atom. The van der Waals surface area contributed by atoms with Crippen LogP contribution in [0.1, 0.15) is 52.2 Å². The van der Waals surface area contributed by atoms with Gasteiger partial charge in [0.05, 0.1) is 5.01 Å². The van der Waals surface area contributed by atoms with Crippen molar-refractivity contribution in [1.82, 2.24) is 15.2 Å². The number of rotatable bonds is 7. The Hall–Kier alpha value is -1.96. The zero-order valence-corrected chi connectivity index (χ0v) is 22.2. The smallest absolute Gasteiger partial charge is 0.152 e. The van der Waals surface area contributed by atoms with Crippen molar-refractivity contribution in [2.75, 3.05) is 53.3 Å². The molecule has 0 fully saturated rings. The second-order valence-electron chi connectivity index (χ2n) is 6.11. The second kappa shape index (κ2) is 21.3. The van der Waals surface area contributed by atoms with Gasteiger partial charge in [0, 0.05) is 40.5 Å². The Morgan fingerprint density at radius 2 is 1.61 bits per heavy atom. The zero-order valence-electron chi connectivity index (χ0n) is 21.4. The van der Waals surface area contributed by atoms with E-state index in [1.54, 1.807) is 25.5 Å². The van der Waals surface area contributed by atoms with E-state index < -0.39 is 0 Å². The van der Waals surface area contributed by atoms with E-state index in [1.807, 2.05) is 70.1 Å². The second-order valence-corrected chi connectivity index (χ2v) is 7.19. The molecule has 0 radical (unpaired) electrons. The average Bonchev–Trinajstić information content (AvgIpc) is 3.19. The molecule has 0 bridgehead atoms. The summed E-state index contributed by atoms with van der Waals surface area (Å²) < 4.78 is 4.54. The van der Waals surface area contributed by atoms with Crippen LogP contribution in [0.25, 0.3) is 0 Å². The predicted molar refractivity (Wildman–Crippen MR) is 140 cm³/mol. The first-order valence-electron chi connectivity index (χ1n) is 11.1. The highest BCUT2D eigenvalue weighted by molar-refractivity contribution is 7.16. The average molecular weight is 452 g/mol. The van der Waals surface area contributed by atoms with E-state index in [0.29, 0.717) is 0 Å². The molecule has 0 unspecified atom stereocenters. The molecule has 2 rings (SSSR count). The van der Waals surface area contributed by atoms with Gasteiger partial charge in [-0.2, -0.15) is 0 Å². The van der Waals surface area contributed by atoms with E-state index in [2.05, 4.69) is 41.1 Å². The monoisotopic (exact) mass is 451 g/mol. The van der Waals surface area contributed by atoms with Crippen LogP contribution in [0.3, 0.4) is 0 Å². The van der Waals surface area contributed by atoms with Crippen LogP contribution in [0.2, 0.25) is 0 Å². The highest BCUT2D eigenvalue weighted by Gasteiger charge is 2.17. The van der Waals surface area contributed by atoms with Crippen LogP contribution in [0.5, 0.6) is 0 Å². The van der Waals surface area contributed by atoms with Crippen molar-refractivity contribution in [3.05, 3.63) is 41.0 Å². The summed E-state index contributed by atoms with van der Waals surface area (Å²) in [6, 6.07) is 10.1. The van der Waals surface area contributed by atoms with Crippen LogP contribution in [0.4, 0.5) is 10.7 Å². The lowest BCUT2D eigenvalue weighted by molar-refractivity contribution is 0.215. The number of nitrogens with one attached hydrogen (secondary N) is 2. The lowest BCUT2D eigenvalue weighted by atomic mass is 10.3. The summed E-state index contributed by atoms with van der Waals surface area (Å²) in [5.41, 5.74) is 1.98. The SMILES string of the molecule is CC.CCNCC.CCOC.CCc1nc(C(=NC)N(C)C)c(Nc2ccccc2)s1. The van der Waals surface area contributed by atoms with E-state index in [9.17, 15) is 0 Å². The molecular formula is C24H45N5OS. The Balaban J connectivity index is 0. The molecule has 1 heterocycles. The largest absolute Gasteiger partial charge is 0.385 e. The third-order valence-electron chi connectivity index (χ3n) is 3.64. The number of thiazole rings is 1. The Bertz CT molecular complexity index is 668. The number of aromatic nitrogens is 1. The number of aliphatic imine (C=N–C) groups is 1. The number of para-hydroxylation sites is 1. The van der Waals surface area contributed by atoms with Gasteiger partial charge in [-0.25, -0.2) is 4.98 Å².